The smallest absolute Gasteiger partial charge is 0.225 e. The number of benzene rings is 2. The van der Waals surface area contributed by atoms with Crippen molar-refractivity contribution in [3.8, 4) is 17.0 Å². The zero-order valence-corrected chi connectivity index (χ0v) is 19.6. The molecule has 0 bridgehead atoms. The van der Waals surface area contributed by atoms with Gasteiger partial charge in [0, 0.05) is 30.8 Å². The fourth-order valence-corrected chi connectivity index (χ4v) is 5.14. The summed E-state index contributed by atoms with van der Waals surface area (Å²) in [5.74, 6) is 0.806. The number of para-hydroxylation sites is 1. The lowest BCUT2D eigenvalue weighted by Gasteiger charge is -2.31. The Balaban J connectivity index is 1.25. The highest BCUT2D eigenvalue weighted by atomic mass is 32.1. The minimum atomic E-state index is -0.0622. The summed E-state index contributed by atoms with van der Waals surface area (Å²) in [4.78, 5) is 20.7. The standard InChI is InChI=1S/C25H27N5O2S/c1-17-9-11-18(12-10-17)21-16-30-24(27-21)33-25(28-30)29-13-5-7-20(15-29)23(31)26-14-19-6-3-4-8-22(19)32-2/h3-4,6,8-12,16,20H,5,7,13-15H2,1-2H3,(H,26,31). The second-order valence-electron chi connectivity index (χ2n) is 8.42. The second kappa shape index (κ2) is 9.23. The SMILES string of the molecule is COc1ccccc1CNC(=O)C1CCCN(c2nn3cc(-c4ccc(C)cc4)nc3s2)C1. The molecule has 4 aromatic rings. The minimum absolute atomic E-state index is 0.0622. The maximum absolute atomic E-state index is 12.9. The summed E-state index contributed by atoms with van der Waals surface area (Å²) >= 11 is 1.57. The van der Waals surface area contributed by atoms with Gasteiger partial charge in [0.2, 0.25) is 16.0 Å². The molecule has 3 heterocycles. The van der Waals surface area contributed by atoms with E-state index < -0.39 is 0 Å². The van der Waals surface area contributed by atoms with Gasteiger partial charge in [0.15, 0.2) is 0 Å². The molecule has 0 spiro atoms. The lowest BCUT2D eigenvalue weighted by molar-refractivity contribution is -0.125. The van der Waals surface area contributed by atoms with E-state index in [0.29, 0.717) is 13.1 Å². The highest BCUT2D eigenvalue weighted by Gasteiger charge is 2.28. The van der Waals surface area contributed by atoms with Crippen LogP contribution in [0.15, 0.2) is 54.7 Å². The van der Waals surface area contributed by atoms with Crippen LogP contribution >= 0.6 is 11.3 Å². The fourth-order valence-electron chi connectivity index (χ4n) is 4.22. The van der Waals surface area contributed by atoms with Gasteiger partial charge in [-0.15, -0.1) is 5.10 Å². The lowest BCUT2D eigenvalue weighted by atomic mass is 9.97. The number of hydrogen-bond donors (Lipinski definition) is 1. The van der Waals surface area contributed by atoms with Crippen LogP contribution in [0.4, 0.5) is 5.13 Å². The monoisotopic (exact) mass is 461 g/mol. The first-order valence-electron chi connectivity index (χ1n) is 11.2. The average molecular weight is 462 g/mol. The Morgan fingerprint density at radius 2 is 2.03 bits per heavy atom. The predicted molar refractivity (Wildman–Crippen MR) is 131 cm³/mol. The lowest BCUT2D eigenvalue weighted by Crippen LogP contribution is -2.43. The van der Waals surface area contributed by atoms with Gasteiger partial charge in [-0.2, -0.15) is 0 Å². The molecular weight excluding hydrogens is 434 g/mol. The molecule has 1 N–H and O–H groups in total. The minimum Gasteiger partial charge on any atom is -0.496 e. The number of ether oxygens (including phenoxy) is 1. The van der Waals surface area contributed by atoms with Crippen molar-refractivity contribution in [1.29, 1.82) is 0 Å². The van der Waals surface area contributed by atoms with Crippen molar-refractivity contribution in [1.82, 2.24) is 19.9 Å². The summed E-state index contributed by atoms with van der Waals surface area (Å²) in [5.41, 5.74) is 4.22. The molecule has 5 rings (SSSR count). The summed E-state index contributed by atoms with van der Waals surface area (Å²) < 4.78 is 7.23. The van der Waals surface area contributed by atoms with Crippen molar-refractivity contribution in [2.45, 2.75) is 26.3 Å². The number of carbonyl (C=O) groups is 1. The molecule has 2 aromatic heterocycles. The molecule has 1 amide bonds. The van der Waals surface area contributed by atoms with Crippen LogP contribution in [0.25, 0.3) is 16.2 Å². The van der Waals surface area contributed by atoms with E-state index in [1.807, 2.05) is 35.0 Å². The van der Waals surface area contributed by atoms with Gasteiger partial charge in [-0.25, -0.2) is 9.50 Å². The van der Waals surface area contributed by atoms with Crippen molar-refractivity contribution < 1.29 is 9.53 Å². The molecule has 7 nitrogen and oxygen atoms in total. The number of nitrogens with one attached hydrogen (secondary N) is 1. The van der Waals surface area contributed by atoms with E-state index in [9.17, 15) is 4.79 Å². The number of anilines is 1. The maximum Gasteiger partial charge on any atom is 0.225 e. The van der Waals surface area contributed by atoms with Crippen molar-refractivity contribution in [3.05, 3.63) is 65.9 Å². The van der Waals surface area contributed by atoms with Gasteiger partial charge in [-0.1, -0.05) is 59.4 Å². The van der Waals surface area contributed by atoms with Gasteiger partial charge >= 0.3 is 0 Å². The van der Waals surface area contributed by atoms with Crippen LogP contribution < -0.4 is 15.0 Å². The first-order chi connectivity index (χ1) is 16.1. The van der Waals surface area contributed by atoms with Gasteiger partial charge < -0.3 is 15.0 Å². The number of hydrogen-bond acceptors (Lipinski definition) is 6. The number of fused-ring (bicyclic) bond motifs is 1. The Morgan fingerprint density at radius 3 is 2.82 bits per heavy atom. The number of piperidine rings is 1. The van der Waals surface area contributed by atoms with Crippen LogP contribution in [0, 0.1) is 12.8 Å². The Hall–Kier alpha value is -3.39. The van der Waals surface area contributed by atoms with Gasteiger partial charge in [-0.05, 0) is 25.8 Å². The molecule has 1 fully saturated rings. The van der Waals surface area contributed by atoms with E-state index in [0.717, 1.165) is 52.0 Å². The first kappa shape index (κ1) is 21.5. The van der Waals surface area contributed by atoms with Gasteiger partial charge in [-0.3, -0.25) is 4.79 Å². The third-order valence-electron chi connectivity index (χ3n) is 6.09. The number of rotatable bonds is 6. The van der Waals surface area contributed by atoms with E-state index in [1.54, 1.807) is 18.4 Å². The van der Waals surface area contributed by atoms with E-state index in [4.69, 9.17) is 14.8 Å². The normalized spacial score (nSPS) is 16.2. The van der Waals surface area contributed by atoms with Crippen LogP contribution in [0.3, 0.4) is 0 Å². The molecule has 0 radical (unpaired) electrons. The molecule has 0 saturated carbocycles. The largest absolute Gasteiger partial charge is 0.496 e. The van der Waals surface area contributed by atoms with Crippen molar-refractivity contribution >= 4 is 27.3 Å². The fraction of sp³-hybridized carbons (Fsp3) is 0.320. The third kappa shape index (κ3) is 4.57. The molecule has 1 unspecified atom stereocenters. The van der Waals surface area contributed by atoms with E-state index >= 15 is 0 Å². The predicted octanol–water partition coefficient (Wildman–Crippen LogP) is 4.31. The van der Waals surface area contributed by atoms with Crippen LogP contribution in [-0.4, -0.2) is 40.7 Å². The highest BCUT2D eigenvalue weighted by Crippen LogP contribution is 2.30. The van der Waals surface area contributed by atoms with Crippen LogP contribution in [-0.2, 0) is 11.3 Å². The molecule has 0 aliphatic carbocycles. The van der Waals surface area contributed by atoms with Crippen LogP contribution in [0.1, 0.15) is 24.0 Å². The van der Waals surface area contributed by atoms with Crippen molar-refractivity contribution in [2.24, 2.45) is 5.92 Å². The molecule has 2 aromatic carbocycles. The van der Waals surface area contributed by atoms with Gasteiger partial charge in [0.05, 0.1) is 24.9 Å². The number of nitrogens with zero attached hydrogens (tertiary/aromatic N) is 4. The van der Waals surface area contributed by atoms with E-state index in [2.05, 4.69) is 41.4 Å². The van der Waals surface area contributed by atoms with Crippen molar-refractivity contribution in [3.63, 3.8) is 0 Å². The number of aryl methyl sites for hydroxylation is 1. The summed E-state index contributed by atoms with van der Waals surface area (Å²) in [6, 6.07) is 16.1. The molecule has 170 valence electrons. The van der Waals surface area contributed by atoms with Gasteiger partial charge in [0.1, 0.15) is 5.75 Å². The summed E-state index contributed by atoms with van der Waals surface area (Å²) in [6.07, 6.45) is 3.82. The number of methoxy groups -OCH3 is 1. The zero-order valence-electron chi connectivity index (χ0n) is 18.8. The highest BCUT2D eigenvalue weighted by molar-refractivity contribution is 7.20. The Bertz CT molecular complexity index is 1230. The summed E-state index contributed by atoms with van der Waals surface area (Å²) in [7, 11) is 1.65. The van der Waals surface area contributed by atoms with E-state index in [-0.39, 0.29) is 11.8 Å². The molecular formula is C25H27N5O2S. The van der Waals surface area contributed by atoms with Crippen LogP contribution in [0.5, 0.6) is 5.75 Å². The topological polar surface area (TPSA) is 71.8 Å². The molecule has 1 atom stereocenters. The summed E-state index contributed by atoms with van der Waals surface area (Å²) in [6.45, 7) is 4.11. The molecule has 1 aliphatic rings. The molecule has 1 saturated heterocycles. The van der Waals surface area contributed by atoms with Crippen molar-refractivity contribution in [2.75, 3.05) is 25.1 Å². The molecule has 33 heavy (non-hydrogen) atoms. The Labute approximate surface area is 197 Å². The van der Waals surface area contributed by atoms with Crippen LogP contribution in [0.2, 0.25) is 0 Å². The Kier molecular flexibility index (Phi) is 6.00. The molecule has 1 aliphatic heterocycles. The molecule has 8 heteroatoms. The Morgan fingerprint density at radius 1 is 1.21 bits per heavy atom. The zero-order chi connectivity index (χ0) is 22.8. The average Bonchev–Trinajstić information content (AvgIpc) is 3.43. The van der Waals surface area contributed by atoms with Gasteiger partial charge in [0.25, 0.3) is 0 Å². The third-order valence-corrected chi connectivity index (χ3v) is 7.07. The number of imidazole rings is 1. The number of amides is 1. The summed E-state index contributed by atoms with van der Waals surface area (Å²) in [5, 5.41) is 8.76. The maximum atomic E-state index is 12.9. The number of carbonyl (C=O) groups excluding carboxylic acids is 1. The quantitative estimate of drug-likeness (QED) is 0.463. The first-order valence-corrected chi connectivity index (χ1v) is 12.0. The van der Waals surface area contributed by atoms with E-state index in [1.165, 1.54) is 5.56 Å². The number of aromatic nitrogens is 3. The second-order valence-corrected chi connectivity index (χ2v) is 9.35.